The van der Waals surface area contributed by atoms with Crippen LogP contribution in [0.2, 0.25) is 0 Å². The van der Waals surface area contributed by atoms with Gasteiger partial charge in [0.05, 0.1) is 5.56 Å². The van der Waals surface area contributed by atoms with Crippen LogP contribution in [-0.2, 0) is 12.8 Å². The third-order valence-corrected chi connectivity index (χ3v) is 3.41. The molecule has 0 saturated carbocycles. The summed E-state index contributed by atoms with van der Waals surface area (Å²) in [6.45, 7) is 3.98. The van der Waals surface area contributed by atoms with Gasteiger partial charge in [0.15, 0.2) is 0 Å². The Kier molecular flexibility index (Phi) is 4.68. The van der Waals surface area contributed by atoms with Gasteiger partial charge in [0.1, 0.15) is 11.6 Å². The number of nitrogens with one attached hydrogen (secondary N) is 1. The first kappa shape index (κ1) is 15.2. The van der Waals surface area contributed by atoms with E-state index in [4.69, 9.17) is 0 Å². The fraction of sp³-hybridized carbons (Fsp3) is 0.235. The van der Waals surface area contributed by atoms with Crippen LogP contribution in [0.25, 0.3) is 0 Å². The van der Waals surface area contributed by atoms with Crippen LogP contribution in [0.3, 0.4) is 0 Å². The van der Waals surface area contributed by atoms with Crippen molar-refractivity contribution < 1.29 is 13.6 Å². The SMILES string of the molecule is CCc1cccc(CC)c1NC(=O)c1ccc(F)cc1F. The Labute approximate surface area is 122 Å². The summed E-state index contributed by atoms with van der Waals surface area (Å²) in [5, 5.41) is 2.76. The molecule has 0 aliphatic carbocycles. The van der Waals surface area contributed by atoms with Crippen molar-refractivity contribution >= 4 is 11.6 Å². The molecule has 0 atom stereocenters. The largest absolute Gasteiger partial charge is 0.321 e. The van der Waals surface area contributed by atoms with Crippen LogP contribution in [0.15, 0.2) is 36.4 Å². The number of benzene rings is 2. The van der Waals surface area contributed by atoms with Gasteiger partial charge in [0.25, 0.3) is 5.91 Å². The Morgan fingerprint density at radius 2 is 1.67 bits per heavy atom. The first-order valence-corrected chi connectivity index (χ1v) is 6.94. The molecule has 110 valence electrons. The zero-order chi connectivity index (χ0) is 15.4. The average molecular weight is 289 g/mol. The van der Waals surface area contributed by atoms with Crippen LogP contribution in [0, 0.1) is 11.6 Å². The predicted molar refractivity (Wildman–Crippen MR) is 79.5 cm³/mol. The smallest absolute Gasteiger partial charge is 0.258 e. The maximum Gasteiger partial charge on any atom is 0.258 e. The van der Waals surface area contributed by atoms with Crippen LogP contribution in [0.1, 0.15) is 35.3 Å². The molecule has 0 heterocycles. The summed E-state index contributed by atoms with van der Waals surface area (Å²) < 4.78 is 26.6. The molecule has 2 aromatic rings. The van der Waals surface area contributed by atoms with Gasteiger partial charge in [-0.15, -0.1) is 0 Å². The summed E-state index contributed by atoms with van der Waals surface area (Å²) in [5.41, 5.74) is 2.54. The molecule has 0 aliphatic rings. The highest BCUT2D eigenvalue weighted by Gasteiger charge is 2.15. The fourth-order valence-corrected chi connectivity index (χ4v) is 2.26. The van der Waals surface area contributed by atoms with Crippen LogP contribution in [-0.4, -0.2) is 5.91 Å². The average Bonchev–Trinajstić information content (AvgIpc) is 2.47. The van der Waals surface area contributed by atoms with Gasteiger partial charge in [-0.3, -0.25) is 4.79 Å². The lowest BCUT2D eigenvalue weighted by atomic mass is 10.0. The molecule has 2 rings (SSSR count). The maximum atomic E-state index is 13.7. The molecule has 4 heteroatoms. The first-order chi connectivity index (χ1) is 10.1. The zero-order valence-electron chi connectivity index (χ0n) is 12.0. The molecule has 1 amide bonds. The highest BCUT2D eigenvalue weighted by molar-refractivity contribution is 6.05. The number of anilines is 1. The predicted octanol–water partition coefficient (Wildman–Crippen LogP) is 4.34. The Morgan fingerprint density at radius 1 is 1.05 bits per heavy atom. The number of halogens is 2. The van der Waals surface area contributed by atoms with Gasteiger partial charge in [-0.2, -0.15) is 0 Å². The minimum atomic E-state index is -0.862. The van der Waals surface area contributed by atoms with Gasteiger partial charge in [-0.25, -0.2) is 8.78 Å². The molecule has 0 aliphatic heterocycles. The van der Waals surface area contributed by atoms with Crippen LogP contribution in [0.4, 0.5) is 14.5 Å². The summed E-state index contributed by atoms with van der Waals surface area (Å²) >= 11 is 0. The summed E-state index contributed by atoms with van der Waals surface area (Å²) in [5.74, 6) is -2.13. The van der Waals surface area contributed by atoms with E-state index < -0.39 is 17.5 Å². The van der Waals surface area contributed by atoms with Gasteiger partial charge in [-0.1, -0.05) is 32.0 Å². The summed E-state index contributed by atoms with van der Waals surface area (Å²) in [4.78, 5) is 12.2. The topological polar surface area (TPSA) is 29.1 Å². The Bertz CT molecular complexity index is 646. The molecule has 0 bridgehead atoms. The minimum Gasteiger partial charge on any atom is -0.321 e. The van der Waals surface area contributed by atoms with Gasteiger partial charge in [0.2, 0.25) is 0 Å². The number of rotatable bonds is 4. The number of carbonyl (C=O) groups is 1. The molecule has 0 unspecified atom stereocenters. The van der Waals surface area contributed by atoms with Crippen LogP contribution in [0.5, 0.6) is 0 Å². The van der Waals surface area contributed by atoms with Gasteiger partial charge >= 0.3 is 0 Å². The number of hydrogen-bond acceptors (Lipinski definition) is 1. The van der Waals surface area contributed by atoms with Crippen molar-refractivity contribution in [3.63, 3.8) is 0 Å². The molecule has 0 aromatic heterocycles. The number of amides is 1. The summed E-state index contributed by atoms with van der Waals surface area (Å²) in [6.07, 6.45) is 1.52. The molecule has 0 spiro atoms. The second-order valence-electron chi connectivity index (χ2n) is 4.74. The lowest BCUT2D eigenvalue weighted by Crippen LogP contribution is -2.16. The third-order valence-electron chi connectivity index (χ3n) is 3.41. The summed E-state index contributed by atoms with van der Waals surface area (Å²) in [6, 6.07) is 8.73. The van der Waals surface area contributed by atoms with E-state index in [1.165, 1.54) is 0 Å². The molecule has 1 N–H and O–H groups in total. The monoisotopic (exact) mass is 289 g/mol. The molecule has 0 saturated heterocycles. The number of para-hydroxylation sites is 1. The van der Waals surface area contributed by atoms with Crippen molar-refractivity contribution in [2.45, 2.75) is 26.7 Å². The molecule has 0 radical (unpaired) electrons. The number of aryl methyl sites for hydroxylation is 2. The first-order valence-electron chi connectivity index (χ1n) is 6.94. The van der Waals surface area contributed by atoms with Crippen LogP contribution < -0.4 is 5.32 Å². The van der Waals surface area contributed by atoms with Crippen molar-refractivity contribution in [3.8, 4) is 0 Å². The molecule has 0 fully saturated rings. The maximum absolute atomic E-state index is 13.7. The third kappa shape index (κ3) is 3.27. The molecule has 2 nitrogen and oxygen atoms in total. The minimum absolute atomic E-state index is 0.163. The van der Waals surface area contributed by atoms with E-state index in [1.54, 1.807) is 0 Å². The van der Waals surface area contributed by atoms with E-state index >= 15 is 0 Å². The molecular weight excluding hydrogens is 272 g/mol. The van der Waals surface area contributed by atoms with E-state index in [9.17, 15) is 13.6 Å². The number of hydrogen-bond donors (Lipinski definition) is 1. The zero-order valence-corrected chi connectivity index (χ0v) is 12.0. The Hall–Kier alpha value is -2.23. The van der Waals surface area contributed by atoms with Crippen LogP contribution >= 0.6 is 0 Å². The van der Waals surface area contributed by atoms with Gasteiger partial charge in [-0.05, 0) is 36.1 Å². The van der Waals surface area contributed by atoms with E-state index in [0.29, 0.717) is 6.07 Å². The van der Waals surface area contributed by atoms with Gasteiger partial charge < -0.3 is 5.32 Å². The van der Waals surface area contributed by atoms with Crippen molar-refractivity contribution in [1.29, 1.82) is 0 Å². The van der Waals surface area contributed by atoms with E-state index in [0.717, 1.165) is 41.8 Å². The second kappa shape index (κ2) is 6.48. The lowest BCUT2D eigenvalue weighted by molar-refractivity contribution is 0.102. The second-order valence-corrected chi connectivity index (χ2v) is 4.74. The van der Waals surface area contributed by atoms with Crippen molar-refractivity contribution in [2.24, 2.45) is 0 Å². The number of carbonyl (C=O) groups excluding carboxylic acids is 1. The molecule has 2 aromatic carbocycles. The molecular formula is C17H17F2NO. The van der Waals surface area contributed by atoms with Crippen molar-refractivity contribution in [2.75, 3.05) is 5.32 Å². The lowest BCUT2D eigenvalue weighted by Gasteiger charge is -2.14. The quantitative estimate of drug-likeness (QED) is 0.891. The highest BCUT2D eigenvalue weighted by Crippen LogP contribution is 2.23. The van der Waals surface area contributed by atoms with E-state index in [1.807, 2.05) is 32.0 Å². The summed E-state index contributed by atoms with van der Waals surface area (Å²) in [7, 11) is 0. The standard InChI is InChI=1S/C17H17F2NO/c1-3-11-6-5-7-12(4-2)16(11)20-17(21)14-9-8-13(18)10-15(14)19/h5-10H,3-4H2,1-2H3,(H,20,21). The van der Waals surface area contributed by atoms with Crippen molar-refractivity contribution in [3.05, 3.63) is 64.7 Å². The Balaban J connectivity index is 2.35. The van der Waals surface area contributed by atoms with E-state index in [2.05, 4.69) is 5.32 Å². The Morgan fingerprint density at radius 3 is 2.19 bits per heavy atom. The normalized spacial score (nSPS) is 10.5. The van der Waals surface area contributed by atoms with Crippen molar-refractivity contribution in [1.82, 2.24) is 0 Å². The molecule has 21 heavy (non-hydrogen) atoms. The highest BCUT2D eigenvalue weighted by atomic mass is 19.1. The van der Waals surface area contributed by atoms with Gasteiger partial charge in [0, 0.05) is 11.8 Å². The van der Waals surface area contributed by atoms with E-state index in [-0.39, 0.29) is 5.56 Å². The fourth-order valence-electron chi connectivity index (χ4n) is 2.26.